The largest absolute Gasteiger partial charge is 0.481 e. The first-order valence-electron chi connectivity index (χ1n) is 9.26. The summed E-state index contributed by atoms with van der Waals surface area (Å²) in [4.78, 5) is 21.9. The van der Waals surface area contributed by atoms with Crippen LogP contribution in [-0.2, 0) is 9.59 Å². The van der Waals surface area contributed by atoms with Crippen LogP contribution in [0.2, 0.25) is 0 Å². The lowest BCUT2D eigenvalue weighted by Gasteiger charge is -2.05. The molecule has 0 aromatic carbocycles. The summed E-state index contributed by atoms with van der Waals surface area (Å²) < 4.78 is 0. The van der Waals surface area contributed by atoms with Crippen molar-refractivity contribution < 1.29 is 19.8 Å². The lowest BCUT2D eigenvalue weighted by atomic mass is 10.1. The molecular weight excluding hydrogens is 294 g/mol. The first-order chi connectivity index (χ1) is 11.2. The predicted octanol–water partition coefficient (Wildman–Crippen LogP) is 3.64. The van der Waals surface area contributed by atoms with E-state index in [-0.39, 0.29) is 12.3 Å². The second-order valence-corrected chi connectivity index (χ2v) is 6.21. The third-order valence-corrected chi connectivity index (χ3v) is 3.95. The predicted molar refractivity (Wildman–Crippen MR) is 92.4 cm³/mol. The zero-order valence-electron chi connectivity index (χ0n) is 14.5. The van der Waals surface area contributed by atoms with Gasteiger partial charge in [0, 0.05) is 26.0 Å². The van der Waals surface area contributed by atoms with Crippen molar-refractivity contribution in [2.75, 3.05) is 13.2 Å². The van der Waals surface area contributed by atoms with E-state index in [0.29, 0.717) is 26.0 Å². The van der Waals surface area contributed by atoms with Crippen LogP contribution in [0.3, 0.4) is 0 Å². The summed E-state index contributed by atoms with van der Waals surface area (Å²) in [6.45, 7) is 0.969. The minimum absolute atomic E-state index is 0.118. The summed E-state index contributed by atoms with van der Waals surface area (Å²) in [6, 6.07) is 0. The van der Waals surface area contributed by atoms with Crippen LogP contribution >= 0.6 is 0 Å². The summed E-state index contributed by atoms with van der Waals surface area (Å²) in [5.74, 6) is -0.633. The van der Waals surface area contributed by atoms with Gasteiger partial charge < -0.3 is 15.5 Å². The van der Waals surface area contributed by atoms with Crippen molar-refractivity contribution in [1.29, 1.82) is 0 Å². The van der Waals surface area contributed by atoms with Crippen molar-refractivity contribution in [2.24, 2.45) is 0 Å². The van der Waals surface area contributed by atoms with Crippen molar-refractivity contribution >= 4 is 11.9 Å². The molecule has 0 saturated heterocycles. The lowest BCUT2D eigenvalue weighted by Crippen LogP contribution is -2.23. The number of amides is 1. The highest BCUT2D eigenvalue weighted by molar-refractivity contribution is 5.75. The zero-order valence-corrected chi connectivity index (χ0v) is 14.5. The molecule has 5 nitrogen and oxygen atoms in total. The van der Waals surface area contributed by atoms with Crippen LogP contribution in [0.1, 0.15) is 89.9 Å². The van der Waals surface area contributed by atoms with Crippen molar-refractivity contribution in [1.82, 2.24) is 5.32 Å². The van der Waals surface area contributed by atoms with E-state index in [1.54, 1.807) is 0 Å². The van der Waals surface area contributed by atoms with E-state index in [9.17, 15) is 9.59 Å². The van der Waals surface area contributed by atoms with Gasteiger partial charge in [-0.3, -0.25) is 9.59 Å². The molecule has 1 amide bonds. The van der Waals surface area contributed by atoms with E-state index in [4.69, 9.17) is 10.2 Å². The Morgan fingerprint density at radius 1 is 0.652 bits per heavy atom. The monoisotopic (exact) mass is 329 g/mol. The Bertz CT molecular complexity index is 295. The van der Waals surface area contributed by atoms with E-state index in [1.807, 2.05) is 0 Å². The average molecular weight is 329 g/mol. The maximum absolute atomic E-state index is 11.6. The highest BCUT2D eigenvalue weighted by atomic mass is 16.4. The number of rotatable bonds is 17. The van der Waals surface area contributed by atoms with Crippen LogP contribution in [0.4, 0.5) is 0 Å². The fraction of sp³-hybridized carbons (Fsp3) is 0.889. The van der Waals surface area contributed by atoms with E-state index >= 15 is 0 Å². The molecule has 3 N–H and O–H groups in total. The van der Waals surface area contributed by atoms with Crippen LogP contribution in [-0.4, -0.2) is 35.2 Å². The Balaban J connectivity index is 3.17. The number of aliphatic carboxylic acids is 1. The molecule has 0 aliphatic rings. The summed E-state index contributed by atoms with van der Waals surface area (Å²) in [6.07, 6.45) is 13.5. The normalized spacial score (nSPS) is 10.7. The minimum atomic E-state index is -0.751. The minimum Gasteiger partial charge on any atom is -0.481 e. The highest BCUT2D eigenvalue weighted by Crippen LogP contribution is 2.10. The fourth-order valence-corrected chi connectivity index (χ4v) is 2.53. The summed E-state index contributed by atoms with van der Waals surface area (Å²) in [7, 11) is 0. The topological polar surface area (TPSA) is 86.6 Å². The fourth-order valence-electron chi connectivity index (χ4n) is 2.53. The smallest absolute Gasteiger partial charge is 0.303 e. The molecule has 0 bridgehead atoms. The summed E-state index contributed by atoms with van der Waals surface area (Å²) in [5, 5.41) is 20.1. The van der Waals surface area contributed by atoms with Gasteiger partial charge in [-0.15, -0.1) is 0 Å². The van der Waals surface area contributed by atoms with Gasteiger partial charge in [-0.2, -0.15) is 0 Å². The number of carbonyl (C=O) groups excluding carboxylic acids is 1. The molecule has 0 aliphatic carbocycles. The Morgan fingerprint density at radius 3 is 1.70 bits per heavy atom. The molecule has 0 saturated carbocycles. The van der Waals surface area contributed by atoms with Gasteiger partial charge in [0.15, 0.2) is 0 Å². The van der Waals surface area contributed by atoms with E-state index in [0.717, 1.165) is 38.5 Å². The number of aliphatic hydroxyl groups is 1. The van der Waals surface area contributed by atoms with Crippen LogP contribution in [0.15, 0.2) is 0 Å². The maximum Gasteiger partial charge on any atom is 0.303 e. The van der Waals surface area contributed by atoms with Gasteiger partial charge >= 0.3 is 5.97 Å². The second-order valence-electron chi connectivity index (χ2n) is 6.21. The number of carbonyl (C=O) groups is 2. The summed E-state index contributed by atoms with van der Waals surface area (Å²) in [5.41, 5.74) is 0. The van der Waals surface area contributed by atoms with E-state index in [1.165, 1.54) is 32.1 Å². The third-order valence-electron chi connectivity index (χ3n) is 3.95. The first kappa shape index (κ1) is 21.9. The molecule has 0 aromatic heterocycles. The van der Waals surface area contributed by atoms with Crippen LogP contribution in [0.25, 0.3) is 0 Å². The van der Waals surface area contributed by atoms with Crippen molar-refractivity contribution in [3.8, 4) is 0 Å². The number of aliphatic hydroxyl groups excluding tert-OH is 1. The number of hydrogen-bond donors (Lipinski definition) is 3. The van der Waals surface area contributed by atoms with Crippen LogP contribution in [0.5, 0.6) is 0 Å². The molecule has 0 radical (unpaired) electrons. The average Bonchev–Trinajstić information content (AvgIpc) is 2.52. The Kier molecular flexibility index (Phi) is 16.4. The van der Waals surface area contributed by atoms with Gasteiger partial charge in [0.25, 0.3) is 0 Å². The number of carboxylic acids is 1. The molecule has 23 heavy (non-hydrogen) atoms. The number of nitrogens with one attached hydrogen (secondary N) is 1. The standard InChI is InChI=1S/C18H35NO4/c20-16-12-7-5-3-1-2-4-6-9-13-17(21)19-15-11-8-10-14-18(22)23/h20H,1-16H2,(H,19,21)(H,22,23). The Morgan fingerprint density at radius 2 is 1.13 bits per heavy atom. The number of unbranched alkanes of at least 4 members (excludes halogenated alkanes) is 10. The molecule has 0 rings (SSSR count). The molecule has 5 heteroatoms. The van der Waals surface area contributed by atoms with E-state index in [2.05, 4.69) is 5.32 Å². The molecule has 0 aliphatic heterocycles. The highest BCUT2D eigenvalue weighted by Gasteiger charge is 2.01. The van der Waals surface area contributed by atoms with Gasteiger partial charge in [-0.1, -0.05) is 51.4 Å². The molecule has 0 atom stereocenters. The van der Waals surface area contributed by atoms with Gasteiger partial charge in [0.05, 0.1) is 0 Å². The maximum atomic E-state index is 11.6. The van der Waals surface area contributed by atoms with Gasteiger partial charge in [0.1, 0.15) is 0 Å². The molecule has 0 unspecified atom stereocenters. The lowest BCUT2D eigenvalue weighted by molar-refractivity contribution is -0.137. The van der Waals surface area contributed by atoms with Gasteiger partial charge in [-0.05, 0) is 25.7 Å². The Labute approximate surface area is 140 Å². The molecule has 0 heterocycles. The first-order valence-corrected chi connectivity index (χ1v) is 9.26. The van der Waals surface area contributed by atoms with Crippen molar-refractivity contribution in [3.05, 3.63) is 0 Å². The third kappa shape index (κ3) is 18.9. The molecule has 0 fully saturated rings. The van der Waals surface area contributed by atoms with Gasteiger partial charge in [-0.25, -0.2) is 0 Å². The summed E-state index contributed by atoms with van der Waals surface area (Å²) >= 11 is 0. The quantitative estimate of drug-likeness (QED) is 0.356. The SMILES string of the molecule is O=C(O)CCCCCNC(=O)CCCCCCCCCCCO. The van der Waals surface area contributed by atoms with Crippen LogP contribution in [0, 0.1) is 0 Å². The number of hydrogen-bond acceptors (Lipinski definition) is 3. The van der Waals surface area contributed by atoms with Gasteiger partial charge in [0.2, 0.25) is 5.91 Å². The Hall–Kier alpha value is -1.10. The van der Waals surface area contributed by atoms with E-state index < -0.39 is 5.97 Å². The molecule has 0 spiro atoms. The second kappa shape index (κ2) is 17.3. The van der Waals surface area contributed by atoms with Crippen molar-refractivity contribution in [2.45, 2.75) is 89.9 Å². The van der Waals surface area contributed by atoms with Crippen LogP contribution < -0.4 is 5.32 Å². The van der Waals surface area contributed by atoms with Crippen molar-refractivity contribution in [3.63, 3.8) is 0 Å². The zero-order chi connectivity index (χ0) is 17.2. The molecule has 0 aromatic rings. The molecule has 136 valence electrons. The molecular formula is C18H35NO4. The number of carboxylic acid groups (broad SMARTS) is 1.